The van der Waals surface area contributed by atoms with Crippen molar-refractivity contribution in [2.75, 3.05) is 6.61 Å². The average Bonchev–Trinajstić information content (AvgIpc) is 3.00. The molecule has 2 aromatic heterocycles. The van der Waals surface area contributed by atoms with E-state index in [0.717, 1.165) is 44.2 Å². The molecule has 0 bridgehead atoms. The van der Waals surface area contributed by atoms with Gasteiger partial charge in [-0.1, -0.05) is 71.7 Å². The number of pyridine rings is 2. The maximum absolute atomic E-state index is 12.3. The number of para-hydroxylation sites is 1. The number of benzene rings is 4. The van der Waals surface area contributed by atoms with Gasteiger partial charge in [-0.15, -0.1) is 0 Å². The van der Waals surface area contributed by atoms with Crippen molar-refractivity contribution in [1.29, 1.82) is 0 Å². The molecule has 1 N–H and O–H groups in total. The Labute approximate surface area is 246 Å². The quantitative estimate of drug-likeness (QED) is 0.119. The van der Waals surface area contributed by atoms with Crippen molar-refractivity contribution in [3.8, 4) is 28.1 Å². The number of nitrogens with zero attached hydrogens (tertiary/aromatic N) is 3. The molecule has 6 rings (SSSR count). The Morgan fingerprint density at radius 2 is 1.59 bits per heavy atom. The molecular weight excluding hydrogens is 555 g/mol. The number of carbonyl (C=O) groups is 1. The number of amides is 1. The van der Waals surface area contributed by atoms with Crippen LogP contribution in [0.15, 0.2) is 114 Å². The molecule has 0 aliphatic carbocycles. The molecular formula is C33H22Cl2N4O2. The van der Waals surface area contributed by atoms with E-state index in [1.54, 1.807) is 0 Å². The van der Waals surface area contributed by atoms with Crippen LogP contribution in [0.2, 0.25) is 10.2 Å². The van der Waals surface area contributed by atoms with Crippen LogP contribution in [0.5, 0.6) is 5.75 Å². The smallest absolute Gasteiger partial charge is 0.277 e. The first kappa shape index (κ1) is 26.4. The highest BCUT2D eigenvalue weighted by molar-refractivity contribution is 6.32. The van der Waals surface area contributed by atoms with Crippen molar-refractivity contribution in [1.82, 2.24) is 15.4 Å². The predicted molar refractivity (Wildman–Crippen MR) is 166 cm³/mol. The lowest BCUT2D eigenvalue weighted by molar-refractivity contribution is -0.123. The molecule has 0 saturated heterocycles. The zero-order chi connectivity index (χ0) is 28.2. The summed E-state index contributed by atoms with van der Waals surface area (Å²) in [7, 11) is 0. The SMILES string of the molecule is O=C(COc1ccc(-c2cc(-c3ccccc3)c3cc(Cl)ccc3n2)cc1)N/N=C/c1cc2ccccc2nc1Cl. The number of hydrogen-bond acceptors (Lipinski definition) is 5. The molecule has 0 fully saturated rings. The maximum atomic E-state index is 12.3. The van der Waals surface area contributed by atoms with Crippen LogP contribution < -0.4 is 10.2 Å². The van der Waals surface area contributed by atoms with Gasteiger partial charge < -0.3 is 4.74 Å². The van der Waals surface area contributed by atoms with Crippen molar-refractivity contribution in [2.24, 2.45) is 5.10 Å². The van der Waals surface area contributed by atoms with E-state index >= 15 is 0 Å². The normalized spacial score (nSPS) is 11.3. The van der Waals surface area contributed by atoms with Crippen LogP contribution in [-0.2, 0) is 4.79 Å². The summed E-state index contributed by atoms with van der Waals surface area (Å²) in [6.07, 6.45) is 1.46. The molecule has 0 unspecified atom stereocenters. The molecule has 6 nitrogen and oxygen atoms in total. The number of carbonyl (C=O) groups excluding carboxylic acids is 1. The highest BCUT2D eigenvalue weighted by Gasteiger charge is 2.11. The molecule has 0 aliphatic heterocycles. The monoisotopic (exact) mass is 576 g/mol. The van der Waals surface area contributed by atoms with Crippen LogP contribution in [0.25, 0.3) is 44.2 Å². The Morgan fingerprint density at radius 3 is 2.41 bits per heavy atom. The van der Waals surface area contributed by atoms with Crippen molar-refractivity contribution in [2.45, 2.75) is 0 Å². The number of nitrogens with one attached hydrogen (secondary N) is 1. The van der Waals surface area contributed by atoms with Crippen LogP contribution in [0.3, 0.4) is 0 Å². The Bertz CT molecular complexity index is 1910. The maximum Gasteiger partial charge on any atom is 0.277 e. The van der Waals surface area contributed by atoms with Crippen LogP contribution in [-0.4, -0.2) is 28.7 Å². The fourth-order valence-corrected chi connectivity index (χ4v) is 4.85. The Kier molecular flexibility index (Phi) is 7.58. The molecule has 0 saturated carbocycles. The van der Waals surface area contributed by atoms with Crippen LogP contribution >= 0.6 is 23.2 Å². The van der Waals surface area contributed by atoms with Gasteiger partial charge in [0.2, 0.25) is 0 Å². The second-order valence-electron chi connectivity index (χ2n) is 9.25. The standard InChI is InChI=1S/C33H22Cl2N4O2/c34-25-12-15-30-28(17-25)27(21-6-2-1-3-7-21)18-31(37-30)22-10-13-26(14-11-22)41-20-32(40)39-36-19-24-16-23-8-4-5-9-29(23)38-33(24)35/h1-19H,20H2,(H,39,40)/b36-19+. The molecule has 0 atom stereocenters. The molecule has 2 heterocycles. The van der Waals surface area contributed by atoms with Gasteiger partial charge in [0.15, 0.2) is 6.61 Å². The summed E-state index contributed by atoms with van der Waals surface area (Å²) in [4.78, 5) is 21.5. The van der Waals surface area contributed by atoms with Gasteiger partial charge in [0.25, 0.3) is 5.91 Å². The van der Waals surface area contributed by atoms with Gasteiger partial charge in [-0.3, -0.25) is 4.79 Å². The van der Waals surface area contributed by atoms with Crippen molar-refractivity contribution in [3.05, 3.63) is 125 Å². The van der Waals surface area contributed by atoms with E-state index in [-0.39, 0.29) is 6.61 Å². The van der Waals surface area contributed by atoms with E-state index in [4.69, 9.17) is 32.9 Å². The Morgan fingerprint density at radius 1 is 0.805 bits per heavy atom. The van der Waals surface area contributed by atoms with E-state index in [1.807, 2.05) is 91.0 Å². The summed E-state index contributed by atoms with van der Waals surface area (Å²) in [5.41, 5.74) is 8.56. The van der Waals surface area contributed by atoms with E-state index in [0.29, 0.717) is 21.5 Å². The van der Waals surface area contributed by atoms with E-state index in [1.165, 1.54) is 6.21 Å². The molecule has 41 heavy (non-hydrogen) atoms. The van der Waals surface area contributed by atoms with Crippen molar-refractivity contribution >= 4 is 57.1 Å². The molecule has 1 amide bonds. The predicted octanol–water partition coefficient (Wildman–Crippen LogP) is 7.95. The average molecular weight is 577 g/mol. The van der Waals surface area contributed by atoms with E-state index in [2.05, 4.69) is 33.7 Å². The lowest BCUT2D eigenvalue weighted by Crippen LogP contribution is -2.24. The summed E-state index contributed by atoms with van der Waals surface area (Å²) in [5, 5.41) is 6.87. The Balaban J connectivity index is 1.13. The minimum absolute atomic E-state index is 0.201. The zero-order valence-electron chi connectivity index (χ0n) is 21.6. The topological polar surface area (TPSA) is 76.5 Å². The van der Waals surface area contributed by atoms with E-state index in [9.17, 15) is 4.79 Å². The number of hydrogen-bond donors (Lipinski definition) is 1. The number of rotatable bonds is 7. The number of ether oxygens (including phenoxy) is 1. The van der Waals surface area contributed by atoms with Gasteiger partial charge in [0.1, 0.15) is 10.9 Å². The van der Waals surface area contributed by atoms with Crippen LogP contribution in [0, 0.1) is 0 Å². The largest absolute Gasteiger partial charge is 0.484 e. The molecule has 8 heteroatoms. The molecule has 4 aromatic carbocycles. The summed E-state index contributed by atoms with van der Waals surface area (Å²) >= 11 is 12.5. The van der Waals surface area contributed by atoms with Crippen molar-refractivity contribution in [3.63, 3.8) is 0 Å². The summed E-state index contributed by atoms with van der Waals surface area (Å²) < 4.78 is 5.66. The first-order valence-corrected chi connectivity index (χ1v) is 13.6. The molecule has 0 aliphatic rings. The van der Waals surface area contributed by atoms with Gasteiger partial charge in [-0.25, -0.2) is 15.4 Å². The van der Waals surface area contributed by atoms with Gasteiger partial charge in [-0.2, -0.15) is 5.10 Å². The first-order chi connectivity index (χ1) is 20.0. The highest BCUT2D eigenvalue weighted by Crippen LogP contribution is 2.34. The molecule has 0 spiro atoms. The summed E-state index contributed by atoms with van der Waals surface area (Å²) in [6, 6.07) is 34.8. The second-order valence-corrected chi connectivity index (χ2v) is 10.0. The third kappa shape index (κ3) is 6.04. The van der Waals surface area contributed by atoms with Gasteiger partial charge in [0.05, 0.1) is 22.9 Å². The third-order valence-electron chi connectivity index (χ3n) is 6.47. The lowest BCUT2D eigenvalue weighted by atomic mass is 9.98. The molecule has 200 valence electrons. The Hall–Kier alpha value is -4.78. The minimum Gasteiger partial charge on any atom is -0.484 e. The number of hydrazone groups is 1. The van der Waals surface area contributed by atoms with Gasteiger partial charge in [0, 0.05) is 26.9 Å². The summed E-state index contributed by atoms with van der Waals surface area (Å²) in [6.45, 7) is -0.201. The molecule has 6 aromatic rings. The lowest BCUT2D eigenvalue weighted by Gasteiger charge is -2.11. The number of fused-ring (bicyclic) bond motifs is 2. The summed E-state index contributed by atoms with van der Waals surface area (Å²) in [5.74, 6) is 0.142. The second kappa shape index (κ2) is 11.8. The van der Waals surface area contributed by atoms with E-state index < -0.39 is 5.91 Å². The first-order valence-electron chi connectivity index (χ1n) is 12.8. The zero-order valence-corrected chi connectivity index (χ0v) is 23.1. The third-order valence-corrected chi connectivity index (χ3v) is 7.01. The number of halogens is 2. The van der Waals surface area contributed by atoms with Crippen LogP contribution in [0.4, 0.5) is 0 Å². The van der Waals surface area contributed by atoms with Crippen molar-refractivity contribution < 1.29 is 9.53 Å². The fourth-order valence-electron chi connectivity index (χ4n) is 4.48. The minimum atomic E-state index is -0.405. The highest BCUT2D eigenvalue weighted by atomic mass is 35.5. The van der Waals surface area contributed by atoms with Gasteiger partial charge in [-0.05, 0) is 71.8 Å². The number of aromatic nitrogens is 2. The fraction of sp³-hybridized carbons (Fsp3) is 0.0303. The van der Waals surface area contributed by atoms with Gasteiger partial charge >= 0.3 is 0 Å². The van der Waals surface area contributed by atoms with Crippen LogP contribution in [0.1, 0.15) is 5.56 Å². The molecule has 0 radical (unpaired) electrons.